The molecule has 0 aliphatic carbocycles. The molecule has 0 saturated carbocycles. The average Bonchev–Trinajstić information content (AvgIpc) is 2.16. The van der Waals surface area contributed by atoms with Crippen molar-refractivity contribution < 1.29 is 9.84 Å². The Hall–Kier alpha value is -1.06. The van der Waals surface area contributed by atoms with Crippen LogP contribution >= 0.6 is 0 Å². The maximum absolute atomic E-state index is 9.14. The fraction of sp³-hybridized carbons (Fsp3) is 0.538. The van der Waals surface area contributed by atoms with Crippen molar-refractivity contribution in [3.63, 3.8) is 0 Å². The molecule has 0 amide bonds. The topological polar surface area (TPSA) is 41.5 Å². The highest BCUT2D eigenvalue weighted by Gasteiger charge is 2.05. The van der Waals surface area contributed by atoms with Gasteiger partial charge in [-0.1, -0.05) is 12.1 Å². The van der Waals surface area contributed by atoms with E-state index in [4.69, 9.17) is 9.84 Å². The summed E-state index contributed by atoms with van der Waals surface area (Å²) in [7, 11) is 1.70. The molecule has 1 rings (SSSR count). The van der Waals surface area contributed by atoms with Crippen LogP contribution in [0.15, 0.2) is 12.1 Å². The molecule has 3 nitrogen and oxygen atoms in total. The highest BCUT2D eigenvalue weighted by molar-refractivity contribution is 5.43. The van der Waals surface area contributed by atoms with Crippen LogP contribution in [0.1, 0.15) is 23.6 Å². The molecule has 0 bridgehead atoms. The van der Waals surface area contributed by atoms with Crippen LogP contribution in [-0.2, 0) is 6.54 Å². The van der Waals surface area contributed by atoms with E-state index in [-0.39, 0.29) is 6.10 Å². The molecule has 1 atom stereocenters. The molecule has 1 aromatic rings. The molecule has 16 heavy (non-hydrogen) atoms. The summed E-state index contributed by atoms with van der Waals surface area (Å²) < 4.78 is 5.31. The maximum atomic E-state index is 9.14. The van der Waals surface area contributed by atoms with Crippen molar-refractivity contribution in [3.05, 3.63) is 28.8 Å². The molecule has 0 heterocycles. The van der Waals surface area contributed by atoms with Gasteiger partial charge in [0.1, 0.15) is 5.75 Å². The minimum atomic E-state index is -0.305. The summed E-state index contributed by atoms with van der Waals surface area (Å²) in [6.45, 7) is 7.26. The maximum Gasteiger partial charge on any atom is 0.124 e. The highest BCUT2D eigenvalue weighted by atomic mass is 16.5. The highest BCUT2D eigenvalue weighted by Crippen LogP contribution is 2.24. The van der Waals surface area contributed by atoms with Gasteiger partial charge in [-0.15, -0.1) is 0 Å². The first-order valence-corrected chi connectivity index (χ1v) is 5.57. The third-order valence-electron chi connectivity index (χ3n) is 2.49. The van der Waals surface area contributed by atoms with Gasteiger partial charge in [-0.2, -0.15) is 0 Å². The lowest BCUT2D eigenvalue weighted by Crippen LogP contribution is -2.23. The Morgan fingerprint density at radius 2 is 1.88 bits per heavy atom. The fourth-order valence-electron chi connectivity index (χ4n) is 1.89. The van der Waals surface area contributed by atoms with Crippen LogP contribution in [0.25, 0.3) is 0 Å². The number of methoxy groups -OCH3 is 1. The summed E-state index contributed by atoms with van der Waals surface area (Å²) in [6, 6.07) is 4.22. The van der Waals surface area contributed by atoms with Crippen LogP contribution in [0, 0.1) is 13.8 Å². The van der Waals surface area contributed by atoms with E-state index in [2.05, 4.69) is 17.4 Å². The van der Waals surface area contributed by atoms with E-state index in [1.165, 1.54) is 5.56 Å². The van der Waals surface area contributed by atoms with Crippen LogP contribution < -0.4 is 10.1 Å². The molecule has 3 heteroatoms. The first-order valence-electron chi connectivity index (χ1n) is 5.57. The Labute approximate surface area is 97.4 Å². The monoisotopic (exact) mass is 223 g/mol. The lowest BCUT2D eigenvalue weighted by molar-refractivity contribution is 0.191. The molecule has 0 spiro atoms. The normalized spacial score (nSPS) is 12.6. The molecule has 1 aromatic carbocycles. The van der Waals surface area contributed by atoms with Gasteiger partial charge in [0.2, 0.25) is 0 Å². The second kappa shape index (κ2) is 5.87. The number of aliphatic hydroxyl groups is 1. The molecule has 0 radical (unpaired) electrons. The van der Waals surface area contributed by atoms with Crippen molar-refractivity contribution in [2.75, 3.05) is 13.7 Å². The zero-order valence-corrected chi connectivity index (χ0v) is 10.5. The van der Waals surface area contributed by atoms with E-state index in [0.717, 1.165) is 23.4 Å². The van der Waals surface area contributed by atoms with Crippen molar-refractivity contribution in [3.8, 4) is 5.75 Å². The predicted molar refractivity (Wildman–Crippen MR) is 65.9 cm³/mol. The average molecular weight is 223 g/mol. The number of ether oxygens (including phenoxy) is 1. The molecular weight excluding hydrogens is 202 g/mol. The van der Waals surface area contributed by atoms with E-state index in [1.807, 2.05) is 13.8 Å². The number of hydrogen-bond donors (Lipinski definition) is 2. The number of hydrogen-bond acceptors (Lipinski definition) is 3. The molecule has 0 aromatic heterocycles. The van der Waals surface area contributed by atoms with E-state index in [0.29, 0.717) is 6.54 Å². The third kappa shape index (κ3) is 3.51. The van der Waals surface area contributed by atoms with Crippen LogP contribution in [0.3, 0.4) is 0 Å². The summed E-state index contributed by atoms with van der Waals surface area (Å²) in [5.74, 6) is 0.958. The number of aliphatic hydroxyl groups excluding tert-OH is 1. The van der Waals surface area contributed by atoms with E-state index >= 15 is 0 Å². The second-order valence-corrected chi connectivity index (χ2v) is 4.24. The SMILES string of the molecule is COc1c(C)cc(CNC[C@@H](C)O)cc1C. The van der Waals surface area contributed by atoms with Gasteiger partial charge < -0.3 is 15.2 Å². The zero-order chi connectivity index (χ0) is 12.1. The largest absolute Gasteiger partial charge is 0.496 e. The van der Waals surface area contributed by atoms with Crippen molar-refractivity contribution in [1.29, 1.82) is 0 Å². The second-order valence-electron chi connectivity index (χ2n) is 4.24. The van der Waals surface area contributed by atoms with Crippen molar-refractivity contribution in [1.82, 2.24) is 5.32 Å². The first kappa shape index (κ1) is 13.0. The zero-order valence-electron chi connectivity index (χ0n) is 10.5. The van der Waals surface area contributed by atoms with Crippen molar-refractivity contribution in [2.24, 2.45) is 0 Å². The van der Waals surface area contributed by atoms with E-state index in [9.17, 15) is 0 Å². The summed E-state index contributed by atoms with van der Waals surface area (Å²) in [6.07, 6.45) is -0.305. The summed E-state index contributed by atoms with van der Waals surface area (Å²) in [5.41, 5.74) is 3.52. The third-order valence-corrected chi connectivity index (χ3v) is 2.49. The minimum absolute atomic E-state index is 0.305. The molecule has 0 fully saturated rings. The Morgan fingerprint density at radius 1 is 1.31 bits per heavy atom. The molecule has 90 valence electrons. The van der Waals surface area contributed by atoms with Gasteiger partial charge in [0, 0.05) is 13.1 Å². The van der Waals surface area contributed by atoms with Gasteiger partial charge in [-0.05, 0) is 37.5 Å². The Balaban J connectivity index is 2.68. The van der Waals surface area contributed by atoms with Gasteiger partial charge in [-0.3, -0.25) is 0 Å². The molecular formula is C13H21NO2. The van der Waals surface area contributed by atoms with Gasteiger partial charge >= 0.3 is 0 Å². The van der Waals surface area contributed by atoms with E-state index in [1.54, 1.807) is 14.0 Å². The van der Waals surface area contributed by atoms with Crippen LogP contribution in [0.2, 0.25) is 0 Å². The van der Waals surface area contributed by atoms with Crippen molar-refractivity contribution in [2.45, 2.75) is 33.4 Å². The quantitative estimate of drug-likeness (QED) is 0.799. The Morgan fingerprint density at radius 3 is 2.31 bits per heavy atom. The standard InChI is InChI=1S/C13H21NO2/c1-9-5-12(8-14-7-11(3)15)6-10(2)13(9)16-4/h5-6,11,14-15H,7-8H2,1-4H3/t11-/m1/s1. The van der Waals surface area contributed by atoms with Gasteiger partial charge in [-0.25, -0.2) is 0 Å². The molecule has 0 aliphatic rings. The van der Waals surface area contributed by atoms with Crippen LogP contribution in [0.4, 0.5) is 0 Å². The Bertz CT molecular complexity index is 325. The number of nitrogens with one attached hydrogen (secondary N) is 1. The number of rotatable bonds is 5. The summed E-state index contributed by atoms with van der Waals surface area (Å²) in [4.78, 5) is 0. The molecule has 2 N–H and O–H groups in total. The minimum Gasteiger partial charge on any atom is -0.496 e. The van der Waals surface area contributed by atoms with Gasteiger partial charge in [0.05, 0.1) is 13.2 Å². The lowest BCUT2D eigenvalue weighted by atomic mass is 10.1. The predicted octanol–water partition coefficient (Wildman–Crippen LogP) is 1.78. The fourth-order valence-corrected chi connectivity index (χ4v) is 1.89. The smallest absolute Gasteiger partial charge is 0.124 e. The number of benzene rings is 1. The number of aryl methyl sites for hydroxylation is 2. The summed E-state index contributed by atoms with van der Waals surface area (Å²) in [5, 5.41) is 12.3. The first-order chi connectivity index (χ1) is 7.54. The molecule has 0 aliphatic heterocycles. The van der Waals surface area contributed by atoms with E-state index < -0.39 is 0 Å². The molecule has 0 saturated heterocycles. The molecule has 0 unspecified atom stereocenters. The Kier molecular flexibility index (Phi) is 4.77. The van der Waals surface area contributed by atoms with Gasteiger partial charge in [0.15, 0.2) is 0 Å². The van der Waals surface area contributed by atoms with Gasteiger partial charge in [0.25, 0.3) is 0 Å². The van der Waals surface area contributed by atoms with Crippen LogP contribution in [-0.4, -0.2) is 24.9 Å². The van der Waals surface area contributed by atoms with Crippen LogP contribution in [0.5, 0.6) is 5.75 Å². The lowest BCUT2D eigenvalue weighted by Gasteiger charge is -2.12. The summed E-state index contributed by atoms with van der Waals surface area (Å²) >= 11 is 0. The van der Waals surface area contributed by atoms with Crippen molar-refractivity contribution >= 4 is 0 Å².